The molecular formula is C10H11ClO4. The van der Waals surface area contributed by atoms with Crippen molar-refractivity contribution in [3.8, 4) is 11.5 Å². The molecule has 15 heavy (non-hydrogen) atoms. The van der Waals surface area contributed by atoms with E-state index in [9.17, 15) is 9.90 Å². The van der Waals surface area contributed by atoms with Crippen LogP contribution in [-0.2, 0) is 16.0 Å². The Hall–Kier alpha value is -1.42. The molecular weight excluding hydrogens is 220 g/mol. The molecule has 0 saturated heterocycles. The molecule has 0 radical (unpaired) electrons. The lowest BCUT2D eigenvalue weighted by atomic mass is 10.1. The zero-order valence-corrected chi connectivity index (χ0v) is 8.91. The van der Waals surface area contributed by atoms with Crippen LogP contribution in [0.4, 0.5) is 0 Å². The number of hydrogen-bond acceptors (Lipinski definition) is 4. The molecule has 0 aromatic heterocycles. The summed E-state index contributed by atoms with van der Waals surface area (Å²) in [5.41, 5.74) is 0.503. The molecule has 0 saturated carbocycles. The highest BCUT2D eigenvalue weighted by Gasteiger charge is 2.11. The Morgan fingerprint density at radius 1 is 1.47 bits per heavy atom. The molecule has 0 unspecified atom stereocenters. The summed E-state index contributed by atoms with van der Waals surface area (Å²) in [5.74, 6) is -0.741. The molecule has 1 aromatic rings. The Kier molecular flexibility index (Phi) is 3.80. The van der Waals surface area contributed by atoms with E-state index in [1.165, 1.54) is 19.2 Å². The average Bonchev–Trinajstić information content (AvgIpc) is 2.24. The number of phenols is 2. The topological polar surface area (TPSA) is 66.8 Å². The Labute approximate surface area is 92.1 Å². The van der Waals surface area contributed by atoms with Crippen LogP contribution in [-0.4, -0.2) is 23.3 Å². The highest BCUT2D eigenvalue weighted by atomic mass is 35.5. The van der Waals surface area contributed by atoms with Gasteiger partial charge >= 0.3 is 5.97 Å². The minimum absolute atomic E-state index is 0.0997. The SMILES string of the molecule is COC(=O)CCc1ccc(O)c(Cl)c1O. The fourth-order valence-corrected chi connectivity index (χ4v) is 1.32. The van der Waals surface area contributed by atoms with Crippen LogP contribution in [0.5, 0.6) is 11.5 Å². The molecule has 82 valence electrons. The zero-order valence-electron chi connectivity index (χ0n) is 8.16. The first-order chi connectivity index (χ1) is 7.06. The second-order valence-electron chi connectivity index (χ2n) is 2.98. The van der Waals surface area contributed by atoms with Crippen molar-refractivity contribution in [2.24, 2.45) is 0 Å². The van der Waals surface area contributed by atoms with Crippen LogP contribution in [0.3, 0.4) is 0 Å². The molecule has 0 heterocycles. The van der Waals surface area contributed by atoms with E-state index in [2.05, 4.69) is 4.74 Å². The number of hydrogen-bond donors (Lipinski definition) is 2. The van der Waals surface area contributed by atoms with Gasteiger partial charge in [-0.15, -0.1) is 0 Å². The molecule has 1 rings (SSSR count). The predicted octanol–water partition coefficient (Wildman–Crippen LogP) is 1.86. The van der Waals surface area contributed by atoms with Gasteiger partial charge in [-0.25, -0.2) is 0 Å². The van der Waals surface area contributed by atoms with Crippen LogP contribution in [0.2, 0.25) is 5.02 Å². The van der Waals surface area contributed by atoms with Gasteiger partial charge in [-0.2, -0.15) is 0 Å². The van der Waals surface area contributed by atoms with E-state index in [0.29, 0.717) is 12.0 Å². The molecule has 0 bridgehead atoms. The number of aryl methyl sites for hydroxylation is 1. The summed E-state index contributed by atoms with van der Waals surface area (Å²) in [6.07, 6.45) is 0.476. The normalized spacial score (nSPS) is 10.0. The summed E-state index contributed by atoms with van der Waals surface area (Å²) in [4.78, 5) is 10.9. The van der Waals surface area contributed by atoms with E-state index in [1.807, 2.05) is 0 Å². The number of rotatable bonds is 3. The highest BCUT2D eigenvalue weighted by Crippen LogP contribution is 2.35. The van der Waals surface area contributed by atoms with Gasteiger partial charge in [0.2, 0.25) is 0 Å². The maximum atomic E-state index is 10.9. The van der Waals surface area contributed by atoms with Crippen LogP contribution in [0, 0.1) is 0 Å². The van der Waals surface area contributed by atoms with Gasteiger partial charge in [0.15, 0.2) is 0 Å². The van der Waals surface area contributed by atoms with Crippen molar-refractivity contribution in [2.75, 3.05) is 7.11 Å². The smallest absolute Gasteiger partial charge is 0.305 e. The largest absolute Gasteiger partial charge is 0.506 e. The van der Waals surface area contributed by atoms with Crippen molar-refractivity contribution in [2.45, 2.75) is 12.8 Å². The second kappa shape index (κ2) is 4.89. The van der Waals surface area contributed by atoms with Gasteiger partial charge in [-0.3, -0.25) is 4.79 Å². The first kappa shape index (κ1) is 11.7. The quantitative estimate of drug-likeness (QED) is 0.778. The Balaban J connectivity index is 2.78. The van der Waals surface area contributed by atoms with Crippen molar-refractivity contribution in [1.29, 1.82) is 0 Å². The number of carbonyl (C=O) groups is 1. The predicted molar refractivity (Wildman–Crippen MR) is 55.1 cm³/mol. The van der Waals surface area contributed by atoms with E-state index in [-0.39, 0.29) is 28.9 Å². The maximum Gasteiger partial charge on any atom is 0.305 e. The number of aromatic hydroxyl groups is 2. The molecule has 4 nitrogen and oxygen atoms in total. The van der Waals surface area contributed by atoms with Crippen LogP contribution >= 0.6 is 11.6 Å². The third-order valence-corrected chi connectivity index (χ3v) is 2.38. The fraction of sp³-hybridized carbons (Fsp3) is 0.300. The maximum absolute atomic E-state index is 10.9. The Bertz CT molecular complexity index is 376. The van der Waals surface area contributed by atoms with E-state index in [0.717, 1.165) is 0 Å². The number of phenolic OH excluding ortho intramolecular Hbond substituents is 2. The summed E-state index contributed by atoms with van der Waals surface area (Å²) >= 11 is 5.62. The van der Waals surface area contributed by atoms with Gasteiger partial charge in [-0.1, -0.05) is 17.7 Å². The van der Waals surface area contributed by atoms with Crippen LogP contribution in [0.15, 0.2) is 12.1 Å². The number of ether oxygens (including phenoxy) is 1. The van der Waals surface area contributed by atoms with Gasteiger partial charge in [0, 0.05) is 6.42 Å². The molecule has 0 amide bonds. The van der Waals surface area contributed by atoms with Crippen molar-refractivity contribution >= 4 is 17.6 Å². The summed E-state index contributed by atoms with van der Waals surface area (Å²) in [6.45, 7) is 0. The van der Waals surface area contributed by atoms with Crippen molar-refractivity contribution < 1.29 is 19.7 Å². The summed E-state index contributed by atoms with van der Waals surface area (Å²) < 4.78 is 4.46. The van der Waals surface area contributed by atoms with Gasteiger partial charge in [0.25, 0.3) is 0 Å². The number of carbonyl (C=O) groups excluding carboxylic acids is 1. The average molecular weight is 231 g/mol. The van der Waals surface area contributed by atoms with Gasteiger partial charge < -0.3 is 14.9 Å². The molecule has 0 aliphatic heterocycles. The van der Waals surface area contributed by atoms with Gasteiger partial charge in [0.05, 0.1) is 7.11 Å². The molecule has 0 spiro atoms. The van der Waals surface area contributed by atoms with Crippen LogP contribution < -0.4 is 0 Å². The molecule has 1 aromatic carbocycles. The summed E-state index contributed by atoms with van der Waals surface area (Å²) in [5, 5.41) is 18.6. The molecule has 0 aliphatic carbocycles. The van der Waals surface area contributed by atoms with E-state index in [4.69, 9.17) is 16.7 Å². The Morgan fingerprint density at radius 2 is 2.13 bits per heavy atom. The number of benzene rings is 1. The first-order valence-electron chi connectivity index (χ1n) is 4.32. The lowest BCUT2D eigenvalue weighted by Gasteiger charge is -2.06. The summed E-state index contributed by atoms with van der Waals surface area (Å²) in [6, 6.07) is 2.88. The van der Waals surface area contributed by atoms with E-state index in [1.54, 1.807) is 0 Å². The minimum Gasteiger partial charge on any atom is -0.506 e. The van der Waals surface area contributed by atoms with Crippen LogP contribution in [0.1, 0.15) is 12.0 Å². The molecule has 5 heteroatoms. The zero-order chi connectivity index (χ0) is 11.4. The van der Waals surface area contributed by atoms with Gasteiger partial charge in [0.1, 0.15) is 16.5 Å². The molecule has 0 aliphatic rings. The fourth-order valence-electron chi connectivity index (χ4n) is 1.13. The third-order valence-electron chi connectivity index (χ3n) is 2.01. The van der Waals surface area contributed by atoms with Crippen LogP contribution in [0.25, 0.3) is 0 Å². The lowest BCUT2D eigenvalue weighted by molar-refractivity contribution is -0.140. The molecule has 0 atom stereocenters. The van der Waals surface area contributed by atoms with Crippen molar-refractivity contribution in [1.82, 2.24) is 0 Å². The first-order valence-corrected chi connectivity index (χ1v) is 4.70. The highest BCUT2D eigenvalue weighted by molar-refractivity contribution is 6.33. The number of halogens is 1. The Morgan fingerprint density at radius 3 is 2.73 bits per heavy atom. The molecule has 0 fully saturated rings. The number of esters is 1. The summed E-state index contributed by atoms with van der Waals surface area (Å²) in [7, 11) is 1.30. The van der Waals surface area contributed by atoms with E-state index < -0.39 is 0 Å². The minimum atomic E-state index is -0.362. The van der Waals surface area contributed by atoms with Crippen molar-refractivity contribution in [3.63, 3.8) is 0 Å². The lowest BCUT2D eigenvalue weighted by Crippen LogP contribution is -2.02. The van der Waals surface area contributed by atoms with Gasteiger partial charge in [-0.05, 0) is 18.1 Å². The van der Waals surface area contributed by atoms with E-state index >= 15 is 0 Å². The number of methoxy groups -OCH3 is 1. The monoisotopic (exact) mass is 230 g/mol. The second-order valence-corrected chi connectivity index (χ2v) is 3.36. The molecule has 2 N–H and O–H groups in total. The third kappa shape index (κ3) is 2.76. The standard InChI is InChI=1S/C10H11ClO4/c1-15-8(13)5-3-6-2-4-7(12)9(11)10(6)14/h2,4,12,14H,3,5H2,1H3. The van der Waals surface area contributed by atoms with Crippen molar-refractivity contribution in [3.05, 3.63) is 22.7 Å².